The van der Waals surface area contributed by atoms with Crippen LogP contribution in [0.1, 0.15) is 49.0 Å². The minimum absolute atomic E-state index is 0. The van der Waals surface area contributed by atoms with Gasteiger partial charge in [0.2, 0.25) is 0 Å². The molecule has 6 heteroatoms. The van der Waals surface area contributed by atoms with Crippen molar-refractivity contribution in [3.05, 3.63) is 52.3 Å². The maximum Gasteiger partial charge on any atom is 0.141 e. The molecule has 2 heterocycles. The highest BCUT2D eigenvalue weighted by atomic mass is 35.5. The van der Waals surface area contributed by atoms with Gasteiger partial charge in [0.15, 0.2) is 0 Å². The van der Waals surface area contributed by atoms with E-state index in [0.717, 1.165) is 17.1 Å². The second kappa shape index (κ2) is 8.91. The Morgan fingerprint density at radius 2 is 2.22 bits per heavy atom. The zero-order valence-electron chi connectivity index (χ0n) is 15.6. The second-order valence-electron chi connectivity index (χ2n) is 7.07. The summed E-state index contributed by atoms with van der Waals surface area (Å²) in [6, 6.07) is 11.0. The van der Waals surface area contributed by atoms with Crippen LogP contribution < -0.4 is 11.1 Å². The van der Waals surface area contributed by atoms with Crippen molar-refractivity contribution in [1.29, 1.82) is 0 Å². The van der Waals surface area contributed by atoms with Gasteiger partial charge in [-0.3, -0.25) is 0 Å². The van der Waals surface area contributed by atoms with E-state index in [-0.39, 0.29) is 12.4 Å². The number of aromatic amines is 1. The fraction of sp³-hybridized carbons (Fsp3) is 0.381. The highest BCUT2D eigenvalue weighted by molar-refractivity contribution is 7.12. The van der Waals surface area contributed by atoms with Crippen LogP contribution in [0, 0.1) is 0 Å². The van der Waals surface area contributed by atoms with Gasteiger partial charge >= 0.3 is 0 Å². The molecule has 2 aromatic heterocycles. The molecule has 4 N–H and O–H groups in total. The molecule has 1 aliphatic carbocycles. The number of fused-ring (bicyclic) bond motifs is 1. The summed E-state index contributed by atoms with van der Waals surface area (Å²) in [6.45, 7) is 3.24. The van der Waals surface area contributed by atoms with Crippen molar-refractivity contribution in [2.45, 2.75) is 44.6 Å². The van der Waals surface area contributed by atoms with Crippen LogP contribution in [0.5, 0.6) is 0 Å². The SMILES string of the molecule is CCN[C@H]1CCC[C@@H](c2c[nH]c3ccc(N=C(N)c4cccs4)cc23)C1.Cl. The predicted molar refractivity (Wildman–Crippen MR) is 119 cm³/mol. The number of H-pyrrole nitrogens is 1. The third-order valence-electron chi connectivity index (χ3n) is 5.33. The van der Waals surface area contributed by atoms with Crippen molar-refractivity contribution >= 4 is 46.2 Å². The summed E-state index contributed by atoms with van der Waals surface area (Å²) < 4.78 is 0. The molecular formula is C21H27ClN4S. The Bertz CT molecular complexity index is 898. The van der Waals surface area contributed by atoms with E-state index in [1.807, 2.05) is 23.6 Å². The van der Waals surface area contributed by atoms with Crippen molar-refractivity contribution < 1.29 is 0 Å². The molecule has 0 unspecified atom stereocenters. The molecule has 0 bridgehead atoms. The Morgan fingerprint density at radius 1 is 1.33 bits per heavy atom. The number of nitrogens with one attached hydrogen (secondary N) is 2. The van der Waals surface area contributed by atoms with Crippen LogP contribution in [0.3, 0.4) is 0 Å². The van der Waals surface area contributed by atoms with E-state index in [9.17, 15) is 0 Å². The summed E-state index contributed by atoms with van der Waals surface area (Å²) in [5.41, 5.74) is 9.69. The fourth-order valence-electron chi connectivity index (χ4n) is 4.10. The van der Waals surface area contributed by atoms with E-state index in [2.05, 4.69) is 40.5 Å². The topological polar surface area (TPSA) is 66.2 Å². The summed E-state index contributed by atoms with van der Waals surface area (Å²) in [6.07, 6.45) is 7.25. The van der Waals surface area contributed by atoms with Crippen molar-refractivity contribution in [3.63, 3.8) is 0 Å². The van der Waals surface area contributed by atoms with Gasteiger partial charge in [0.25, 0.3) is 0 Å². The molecule has 1 aromatic carbocycles. The first-order valence-corrected chi connectivity index (χ1v) is 10.3. The van der Waals surface area contributed by atoms with Gasteiger partial charge in [-0.05, 0) is 66.9 Å². The zero-order chi connectivity index (χ0) is 17.9. The number of hydrogen-bond acceptors (Lipinski definition) is 3. The normalized spacial score (nSPS) is 20.6. The minimum atomic E-state index is 0. The number of aromatic nitrogens is 1. The minimum Gasteiger partial charge on any atom is -0.383 e. The monoisotopic (exact) mass is 402 g/mol. The van der Waals surface area contributed by atoms with Crippen LogP contribution >= 0.6 is 23.7 Å². The summed E-state index contributed by atoms with van der Waals surface area (Å²) >= 11 is 1.62. The third-order valence-corrected chi connectivity index (χ3v) is 6.22. The Morgan fingerprint density at radius 3 is 3.00 bits per heavy atom. The first-order chi connectivity index (χ1) is 12.7. The number of aliphatic imine (C=N–C) groups is 1. The quantitative estimate of drug-likeness (QED) is 0.399. The largest absolute Gasteiger partial charge is 0.383 e. The van der Waals surface area contributed by atoms with E-state index in [1.165, 1.54) is 42.1 Å². The lowest BCUT2D eigenvalue weighted by atomic mass is 9.81. The second-order valence-corrected chi connectivity index (χ2v) is 8.01. The molecule has 1 saturated carbocycles. The van der Waals surface area contributed by atoms with Gasteiger partial charge in [0.05, 0.1) is 10.6 Å². The van der Waals surface area contributed by atoms with Gasteiger partial charge in [0.1, 0.15) is 5.84 Å². The van der Waals surface area contributed by atoms with E-state index < -0.39 is 0 Å². The van der Waals surface area contributed by atoms with Gasteiger partial charge in [0, 0.05) is 23.1 Å². The van der Waals surface area contributed by atoms with Crippen molar-refractivity contribution in [3.8, 4) is 0 Å². The number of nitrogens with two attached hydrogens (primary N) is 1. The Balaban J connectivity index is 0.00000210. The van der Waals surface area contributed by atoms with Crippen LogP contribution in [0.15, 0.2) is 46.9 Å². The smallest absolute Gasteiger partial charge is 0.141 e. The van der Waals surface area contributed by atoms with Crippen LogP contribution in [0.25, 0.3) is 10.9 Å². The van der Waals surface area contributed by atoms with E-state index in [4.69, 9.17) is 5.73 Å². The van der Waals surface area contributed by atoms with Gasteiger partial charge < -0.3 is 16.0 Å². The number of nitrogens with zero attached hydrogens (tertiary/aromatic N) is 1. The van der Waals surface area contributed by atoms with E-state index in [0.29, 0.717) is 17.8 Å². The summed E-state index contributed by atoms with van der Waals surface area (Å²) in [5, 5.41) is 6.94. The average molecular weight is 403 g/mol. The predicted octanol–water partition coefficient (Wildman–Crippen LogP) is 5.32. The molecule has 144 valence electrons. The molecule has 1 fully saturated rings. The summed E-state index contributed by atoms with van der Waals surface area (Å²) in [7, 11) is 0. The Labute approximate surface area is 170 Å². The van der Waals surface area contributed by atoms with Gasteiger partial charge in [-0.25, -0.2) is 4.99 Å². The molecule has 2 atom stereocenters. The molecule has 4 rings (SSSR count). The van der Waals surface area contributed by atoms with Crippen LogP contribution in [-0.4, -0.2) is 23.4 Å². The molecule has 0 spiro atoms. The standard InChI is InChI=1S/C21H26N4S.ClH/c1-2-23-15-6-3-5-14(11-15)18-13-24-19-9-8-16(12-17(18)19)25-21(22)20-7-4-10-26-20;/h4,7-10,12-15,23-24H,2-3,5-6,11H2,1H3,(H2,22,25);1H/t14-,15+;/m1./s1. The van der Waals surface area contributed by atoms with Crippen molar-refractivity contribution in [2.75, 3.05) is 6.54 Å². The van der Waals surface area contributed by atoms with E-state index in [1.54, 1.807) is 11.3 Å². The first-order valence-electron chi connectivity index (χ1n) is 9.47. The summed E-state index contributed by atoms with van der Waals surface area (Å²) in [4.78, 5) is 9.10. The molecule has 0 saturated heterocycles. The third kappa shape index (κ3) is 4.37. The number of halogens is 1. The Hall–Kier alpha value is -1.82. The number of amidine groups is 1. The van der Waals surface area contributed by atoms with Crippen molar-refractivity contribution in [2.24, 2.45) is 10.7 Å². The molecule has 4 nitrogen and oxygen atoms in total. The maximum absolute atomic E-state index is 6.17. The molecular weight excluding hydrogens is 376 g/mol. The number of thiophene rings is 1. The van der Waals surface area contributed by atoms with E-state index >= 15 is 0 Å². The van der Waals surface area contributed by atoms with Crippen LogP contribution in [0.4, 0.5) is 5.69 Å². The Kier molecular flexibility index (Phi) is 6.58. The molecule has 27 heavy (non-hydrogen) atoms. The lowest BCUT2D eigenvalue weighted by Crippen LogP contribution is -2.33. The van der Waals surface area contributed by atoms with Crippen molar-refractivity contribution in [1.82, 2.24) is 10.3 Å². The van der Waals surface area contributed by atoms with Gasteiger partial charge in [-0.1, -0.05) is 19.4 Å². The maximum atomic E-state index is 6.17. The highest BCUT2D eigenvalue weighted by Gasteiger charge is 2.24. The summed E-state index contributed by atoms with van der Waals surface area (Å²) in [5.74, 6) is 1.19. The number of rotatable bonds is 5. The molecule has 1 aliphatic rings. The number of benzene rings is 1. The molecule has 0 aliphatic heterocycles. The lowest BCUT2D eigenvalue weighted by molar-refractivity contribution is 0.345. The zero-order valence-corrected chi connectivity index (χ0v) is 17.2. The first kappa shape index (κ1) is 19.9. The number of hydrogen-bond donors (Lipinski definition) is 3. The van der Waals surface area contributed by atoms with Crippen LogP contribution in [-0.2, 0) is 0 Å². The lowest BCUT2D eigenvalue weighted by Gasteiger charge is -2.29. The fourth-order valence-corrected chi connectivity index (χ4v) is 4.73. The molecule has 0 radical (unpaired) electrons. The average Bonchev–Trinajstić information content (AvgIpc) is 3.32. The highest BCUT2D eigenvalue weighted by Crippen LogP contribution is 2.37. The van der Waals surface area contributed by atoms with Crippen LogP contribution in [0.2, 0.25) is 0 Å². The molecule has 3 aromatic rings. The van der Waals surface area contributed by atoms with Gasteiger partial charge in [-0.2, -0.15) is 0 Å². The molecule has 0 amide bonds. The van der Waals surface area contributed by atoms with Gasteiger partial charge in [-0.15, -0.1) is 23.7 Å².